The Bertz CT molecular complexity index is 769. The molecule has 0 unspecified atom stereocenters. The average molecular weight is 352 g/mol. The molecule has 0 spiro atoms. The summed E-state index contributed by atoms with van der Waals surface area (Å²) in [5.41, 5.74) is 1.92. The lowest BCUT2D eigenvalue weighted by atomic mass is 10.2. The molecule has 26 heavy (non-hydrogen) atoms. The molecule has 0 bridgehead atoms. The second-order valence-electron chi connectivity index (χ2n) is 7.03. The Labute approximate surface area is 153 Å². The quantitative estimate of drug-likeness (QED) is 0.873. The summed E-state index contributed by atoms with van der Waals surface area (Å²) in [4.78, 5) is 29.8. The van der Waals surface area contributed by atoms with E-state index in [9.17, 15) is 4.79 Å². The third-order valence-electron chi connectivity index (χ3n) is 4.79. The van der Waals surface area contributed by atoms with Crippen molar-refractivity contribution in [3.05, 3.63) is 36.3 Å². The summed E-state index contributed by atoms with van der Waals surface area (Å²) < 4.78 is 0. The highest BCUT2D eigenvalue weighted by atomic mass is 16.2. The van der Waals surface area contributed by atoms with E-state index in [1.165, 1.54) is 0 Å². The SMILES string of the molecule is Cc1cc(N2CCN(CC(=O)NC3CC3)CC2)nc(-c2ccncc2)n1. The molecule has 2 aliphatic rings. The summed E-state index contributed by atoms with van der Waals surface area (Å²) in [6.45, 7) is 5.95. The molecule has 1 amide bonds. The predicted molar refractivity (Wildman–Crippen MR) is 99.8 cm³/mol. The van der Waals surface area contributed by atoms with Gasteiger partial charge in [-0.3, -0.25) is 14.7 Å². The highest BCUT2D eigenvalue weighted by Crippen LogP contribution is 2.21. The maximum absolute atomic E-state index is 12.0. The van der Waals surface area contributed by atoms with Crippen molar-refractivity contribution in [1.29, 1.82) is 0 Å². The monoisotopic (exact) mass is 352 g/mol. The van der Waals surface area contributed by atoms with E-state index in [0.717, 1.165) is 61.9 Å². The third kappa shape index (κ3) is 4.16. The number of piperazine rings is 1. The Balaban J connectivity index is 1.39. The molecule has 136 valence electrons. The minimum Gasteiger partial charge on any atom is -0.354 e. The molecule has 2 aromatic heterocycles. The molecule has 2 fully saturated rings. The van der Waals surface area contributed by atoms with Crippen LogP contribution in [0.1, 0.15) is 18.5 Å². The lowest BCUT2D eigenvalue weighted by Crippen LogP contribution is -2.50. The molecule has 7 heteroatoms. The van der Waals surface area contributed by atoms with Gasteiger partial charge in [0.2, 0.25) is 5.91 Å². The number of amides is 1. The molecule has 0 atom stereocenters. The summed E-state index contributed by atoms with van der Waals surface area (Å²) in [6, 6.07) is 6.31. The van der Waals surface area contributed by atoms with Gasteiger partial charge in [-0.25, -0.2) is 9.97 Å². The van der Waals surface area contributed by atoms with Crippen LogP contribution in [0.4, 0.5) is 5.82 Å². The number of hydrogen-bond acceptors (Lipinski definition) is 6. The Kier molecular flexibility index (Phi) is 4.79. The van der Waals surface area contributed by atoms with Crippen LogP contribution >= 0.6 is 0 Å². The van der Waals surface area contributed by atoms with Crippen LogP contribution in [0.2, 0.25) is 0 Å². The summed E-state index contributed by atoms with van der Waals surface area (Å²) in [7, 11) is 0. The Morgan fingerprint density at radius 1 is 1.15 bits per heavy atom. The first kappa shape index (κ1) is 16.9. The number of pyridine rings is 1. The van der Waals surface area contributed by atoms with Gasteiger partial charge < -0.3 is 10.2 Å². The Morgan fingerprint density at radius 3 is 2.58 bits per heavy atom. The first-order valence-corrected chi connectivity index (χ1v) is 9.20. The van der Waals surface area contributed by atoms with Gasteiger partial charge in [0.05, 0.1) is 6.54 Å². The van der Waals surface area contributed by atoms with E-state index in [1.807, 2.05) is 25.1 Å². The largest absolute Gasteiger partial charge is 0.354 e. The van der Waals surface area contributed by atoms with Crippen molar-refractivity contribution < 1.29 is 4.79 Å². The minimum absolute atomic E-state index is 0.152. The maximum atomic E-state index is 12.0. The number of carbonyl (C=O) groups excluding carboxylic acids is 1. The number of rotatable bonds is 5. The fourth-order valence-electron chi connectivity index (χ4n) is 3.18. The average Bonchev–Trinajstić information content (AvgIpc) is 3.46. The van der Waals surface area contributed by atoms with Gasteiger partial charge in [0, 0.05) is 61.9 Å². The molecule has 1 aliphatic heterocycles. The fourth-order valence-corrected chi connectivity index (χ4v) is 3.18. The van der Waals surface area contributed by atoms with Crippen LogP contribution < -0.4 is 10.2 Å². The first-order chi connectivity index (χ1) is 12.7. The fraction of sp³-hybridized carbons (Fsp3) is 0.474. The smallest absolute Gasteiger partial charge is 0.234 e. The molecule has 1 N–H and O–H groups in total. The van der Waals surface area contributed by atoms with Crippen LogP contribution in [-0.4, -0.2) is 64.5 Å². The van der Waals surface area contributed by atoms with Crippen LogP contribution in [0.5, 0.6) is 0 Å². The van der Waals surface area contributed by atoms with Crippen LogP contribution in [0.3, 0.4) is 0 Å². The second kappa shape index (κ2) is 7.37. The number of aromatic nitrogens is 3. The number of carbonyl (C=O) groups is 1. The van der Waals surface area contributed by atoms with E-state index >= 15 is 0 Å². The number of nitrogens with zero attached hydrogens (tertiary/aromatic N) is 5. The summed E-state index contributed by atoms with van der Waals surface area (Å²) >= 11 is 0. The molecular weight excluding hydrogens is 328 g/mol. The molecule has 7 nitrogen and oxygen atoms in total. The van der Waals surface area contributed by atoms with Crippen LogP contribution in [0, 0.1) is 6.92 Å². The zero-order valence-electron chi connectivity index (χ0n) is 15.1. The molecule has 1 aliphatic carbocycles. The van der Waals surface area contributed by atoms with E-state index in [-0.39, 0.29) is 5.91 Å². The van der Waals surface area contributed by atoms with Crippen molar-refractivity contribution in [2.75, 3.05) is 37.6 Å². The van der Waals surface area contributed by atoms with Gasteiger partial charge in [-0.05, 0) is 31.9 Å². The van der Waals surface area contributed by atoms with Crippen LogP contribution in [0.15, 0.2) is 30.6 Å². The number of anilines is 1. The third-order valence-corrected chi connectivity index (χ3v) is 4.79. The summed E-state index contributed by atoms with van der Waals surface area (Å²) in [5.74, 6) is 1.83. The van der Waals surface area contributed by atoms with Gasteiger partial charge in [0.25, 0.3) is 0 Å². The topological polar surface area (TPSA) is 74.2 Å². The van der Waals surface area contributed by atoms with Crippen LogP contribution in [0.25, 0.3) is 11.4 Å². The molecule has 3 heterocycles. The number of nitrogens with one attached hydrogen (secondary N) is 1. The van der Waals surface area contributed by atoms with Gasteiger partial charge >= 0.3 is 0 Å². The number of hydrogen-bond donors (Lipinski definition) is 1. The van der Waals surface area contributed by atoms with Crippen molar-refractivity contribution in [2.45, 2.75) is 25.8 Å². The molecule has 0 aromatic carbocycles. The Hall–Kier alpha value is -2.54. The standard InChI is InChI=1S/C19H24N6O/c1-14-12-17(23-19(21-14)15-4-6-20-7-5-15)25-10-8-24(9-11-25)13-18(26)22-16-2-3-16/h4-7,12,16H,2-3,8-11,13H2,1H3,(H,22,26). The molecule has 4 rings (SSSR count). The van der Waals surface area contributed by atoms with Crippen molar-refractivity contribution in [1.82, 2.24) is 25.2 Å². The van der Waals surface area contributed by atoms with E-state index in [4.69, 9.17) is 4.98 Å². The van der Waals surface area contributed by atoms with E-state index in [1.54, 1.807) is 12.4 Å². The first-order valence-electron chi connectivity index (χ1n) is 9.20. The normalized spacial score (nSPS) is 18.0. The Morgan fingerprint density at radius 2 is 1.88 bits per heavy atom. The van der Waals surface area contributed by atoms with Crippen LogP contribution in [-0.2, 0) is 4.79 Å². The molecular formula is C19H24N6O. The minimum atomic E-state index is 0.152. The predicted octanol–water partition coefficient (Wildman–Crippen LogP) is 1.25. The summed E-state index contributed by atoms with van der Waals surface area (Å²) in [6.07, 6.45) is 5.77. The zero-order chi connectivity index (χ0) is 17.9. The zero-order valence-corrected chi connectivity index (χ0v) is 15.1. The van der Waals surface area contributed by atoms with Crippen molar-refractivity contribution in [3.8, 4) is 11.4 Å². The van der Waals surface area contributed by atoms with E-state index in [0.29, 0.717) is 12.6 Å². The van der Waals surface area contributed by atoms with E-state index in [2.05, 4.69) is 25.1 Å². The highest BCUT2D eigenvalue weighted by Gasteiger charge is 2.25. The van der Waals surface area contributed by atoms with Gasteiger partial charge in [-0.2, -0.15) is 0 Å². The summed E-state index contributed by atoms with van der Waals surface area (Å²) in [5, 5.41) is 3.06. The number of aryl methyl sites for hydroxylation is 1. The van der Waals surface area contributed by atoms with Gasteiger partial charge in [0.15, 0.2) is 5.82 Å². The van der Waals surface area contributed by atoms with Crippen molar-refractivity contribution in [2.24, 2.45) is 0 Å². The van der Waals surface area contributed by atoms with Crippen molar-refractivity contribution in [3.63, 3.8) is 0 Å². The maximum Gasteiger partial charge on any atom is 0.234 e. The molecule has 1 saturated carbocycles. The van der Waals surface area contributed by atoms with Gasteiger partial charge in [-0.15, -0.1) is 0 Å². The lowest BCUT2D eigenvalue weighted by Gasteiger charge is -2.35. The van der Waals surface area contributed by atoms with Gasteiger partial charge in [0.1, 0.15) is 5.82 Å². The lowest BCUT2D eigenvalue weighted by molar-refractivity contribution is -0.122. The van der Waals surface area contributed by atoms with Crippen molar-refractivity contribution >= 4 is 11.7 Å². The van der Waals surface area contributed by atoms with E-state index < -0.39 is 0 Å². The van der Waals surface area contributed by atoms with Gasteiger partial charge in [-0.1, -0.05) is 0 Å². The molecule has 0 radical (unpaired) electrons. The highest BCUT2D eigenvalue weighted by molar-refractivity contribution is 5.78. The molecule has 2 aromatic rings. The second-order valence-corrected chi connectivity index (χ2v) is 7.03. The molecule has 1 saturated heterocycles.